The molecular formula is C12H14Cl2N2O2. The lowest BCUT2D eigenvalue weighted by molar-refractivity contribution is 0.0677. The van der Waals surface area contributed by atoms with E-state index in [1.165, 1.54) is 12.1 Å². The molecule has 1 aliphatic rings. The monoisotopic (exact) mass is 288 g/mol. The summed E-state index contributed by atoms with van der Waals surface area (Å²) >= 11 is 11.8. The highest BCUT2D eigenvalue weighted by Crippen LogP contribution is 2.30. The van der Waals surface area contributed by atoms with Crippen molar-refractivity contribution in [2.45, 2.75) is 18.9 Å². The molecule has 18 heavy (non-hydrogen) atoms. The van der Waals surface area contributed by atoms with E-state index in [0.717, 1.165) is 12.8 Å². The van der Waals surface area contributed by atoms with E-state index >= 15 is 0 Å². The standard InChI is InChI=1S/C12H14Cl2N2O2/c13-9-4-7(5-10(14)11(9)15)12(18)16-3-1-2-8(16)6-17/h4-5,8,17H,1-3,6,15H2/t8-/m1/s1. The van der Waals surface area contributed by atoms with Gasteiger partial charge in [-0.15, -0.1) is 0 Å². The van der Waals surface area contributed by atoms with Crippen LogP contribution in [0.5, 0.6) is 0 Å². The Balaban J connectivity index is 2.29. The Morgan fingerprint density at radius 2 is 2.06 bits per heavy atom. The van der Waals surface area contributed by atoms with Gasteiger partial charge >= 0.3 is 0 Å². The van der Waals surface area contributed by atoms with Crippen LogP contribution in [0.4, 0.5) is 5.69 Å². The van der Waals surface area contributed by atoms with Gasteiger partial charge in [-0.3, -0.25) is 4.79 Å². The number of halogens is 2. The molecule has 0 aliphatic carbocycles. The third kappa shape index (κ3) is 2.41. The molecule has 6 heteroatoms. The van der Waals surface area contributed by atoms with Gasteiger partial charge in [-0.2, -0.15) is 0 Å². The average Bonchev–Trinajstić information content (AvgIpc) is 2.82. The number of nitrogens with two attached hydrogens (primary N) is 1. The lowest BCUT2D eigenvalue weighted by atomic mass is 10.1. The number of likely N-dealkylation sites (tertiary alicyclic amines) is 1. The molecule has 0 aromatic heterocycles. The van der Waals surface area contributed by atoms with Gasteiger partial charge in [-0.05, 0) is 25.0 Å². The predicted octanol–water partition coefficient (Wildman–Crippen LogP) is 2.17. The maximum Gasteiger partial charge on any atom is 0.254 e. The van der Waals surface area contributed by atoms with Crippen molar-refractivity contribution in [2.75, 3.05) is 18.9 Å². The van der Waals surface area contributed by atoms with Gasteiger partial charge in [-0.25, -0.2) is 0 Å². The number of nitrogen functional groups attached to an aromatic ring is 1. The molecule has 1 aromatic carbocycles. The zero-order valence-electron chi connectivity index (χ0n) is 9.70. The minimum absolute atomic E-state index is 0.0256. The molecule has 1 aliphatic heterocycles. The molecule has 1 aromatic rings. The van der Waals surface area contributed by atoms with Gasteiger partial charge in [-0.1, -0.05) is 23.2 Å². The van der Waals surface area contributed by atoms with Crippen LogP contribution in [-0.2, 0) is 0 Å². The second kappa shape index (κ2) is 5.34. The molecule has 0 saturated carbocycles. The highest BCUT2D eigenvalue weighted by molar-refractivity contribution is 6.39. The number of rotatable bonds is 2. The van der Waals surface area contributed by atoms with Crippen LogP contribution in [-0.4, -0.2) is 35.1 Å². The predicted molar refractivity (Wildman–Crippen MR) is 72.0 cm³/mol. The number of aliphatic hydroxyl groups excluding tert-OH is 1. The van der Waals surface area contributed by atoms with E-state index in [1.807, 2.05) is 0 Å². The molecule has 98 valence electrons. The van der Waals surface area contributed by atoms with E-state index in [9.17, 15) is 9.90 Å². The Labute approximate surface area is 115 Å². The summed E-state index contributed by atoms with van der Waals surface area (Å²) in [6.45, 7) is 0.617. The van der Waals surface area contributed by atoms with Crippen LogP contribution < -0.4 is 5.73 Å². The first-order valence-electron chi connectivity index (χ1n) is 5.71. The Morgan fingerprint density at radius 3 is 2.61 bits per heavy atom. The Bertz CT molecular complexity index is 456. The van der Waals surface area contributed by atoms with Crippen molar-refractivity contribution in [3.8, 4) is 0 Å². The number of aliphatic hydroxyl groups is 1. The summed E-state index contributed by atoms with van der Waals surface area (Å²) in [7, 11) is 0. The number of benzene rings is 1. The fourth-order valence-electron chi connectivity index (χ4n) is 2.17. The van der Waals surface area contributed by atoms with E-state index < -0.39 is 0 Å². The van der Waals surface area contributed by atoms with Gasteiger partial charge in [0.2, 0.25) is 0 Å². The molecule has 4 nitrogen and oxygen atoms in total. The third-order valence-electron chi connectivity index (χ3n) is 3.17. The van der Waals surface area contributed by atoms with Crippen LogP contribution in [0.25, 0.3) is 0 Å². The van der Waals surface area contributed by atoms with Gasteiger partial charge in [0.15, 0.2) is 0 Å². The van der Waals surface area contributed by atoms with Crippen LogP contribution in [0.3, 0.4) is 0 Å². The second-order valence-electron chi connectivity index (χ2n) is 4.33. The van der Waals surface area contributed by atoms with Crippen molar-refractivity contribution in [1.29, 1.82) is 0 Å². The summed E-state index contributed by atoms with van der Waals surface area (Å²) in [6.07, 6.45) is 1.71. The summed E-state index contributed by atoms with van der Waals surface area (Å²) in [6, 6.07) is 2.91. The summed E-state index contributed by atoms with van der Waals surface area (Å²) < 4.78 is 0. The van der Waals surface area contributed by atoms with E-state index in [0.29, 0.717) is 12.1 Å². The Morgan fingerprint density at radius 1 is 1.44 bits per heavy atom. The third-order valence-corrected chi connectivity index (χ3v) is 3.80. The summed E-state index contributed by atoms with van der Waals surface area (Å²) in [5.41, 5.74) is 6.30. The smallest absolute Gasteiger partial charge is 0.254 e. The van der Waals surface area contributed by atoms with Gasteiger partial charge in [0.25, 0.3) is 5.91 Å². The zero-order chi connectivity index (χ0) is 13.3. The zero-order valence-corrected chi connectivity index (χ0v) is 11.2. The quantitative estimate of drug-likeness (QED) is 0.820. The maximum atomic E-state index is 12.3. The molecule has 1 saturated heterocycles. The highest BCUT2D eigenvalue weighted by atomic mass is 35.5. The van der Waals surface area contributed by atoms with E-state index in [1.54, 1.807) is 4.90 Å². The molecule has 2 rings (SSSR count). The van der Waals surface area contributed by atoms with Crippen molar-refractivity contribution >= 4 is 34.8 Å². The lowest BCUT2D eigenvalue weighted by Crippen LogP contribution is -2.37. The average molecular weight is 289 g/mol. The summed E-state index contributed by atoms with van der Waals surface area (Å²) in [5.74, 6) is -0.171. The fourth-order valence-corrected chi connectivity index (χ4v) is 2.65. The molecule has 3 N–H and O–H groups in total. The van der Waals surface area contributed by atoms with Crippen molar-refractivity contribution in [2.24, 2.45) is 0 Å². The number of anilines is 1. The van der Waals surface area contributed by atoms with E-state index in [2.05, 4.69) is 0 Å². The molecular weight excluding hydrogens is 275 g/mol. The van der Waals surface area contributed by atoms with Gasteiger partial charge in [0.1, 0.15) is 0 Å². The Hall–Kier alpha value is -0.970. The van der Waals surface area contributed by atoms with Crippen LogP contribution in [0.1, 0.15) is 23.2 Å². The molecule has 1 heterocycles. The molecule has 0 spiro atoms. The lowest BCUT2D eigenvalue weighted by Gasteiger charge is -2.23. The first kappa shape index (κ1) is 13.5. The molecule has 0 bridgehead atoms. The van der Waals surface area contributed by atoms with Gasteiger partial charge < -0.3 is 15.7 Å². The molecule has 0 radical (unpaired) electrons. The van der Waals surface area contributed by atoms with Gasteiger partial charge in [0, 0.05) is 12.1 Å². The summed E-state index contributed by atoms with van der Waals surface area (Å²) in [5, 5.41) is 9.76. The SMILES string of the molecule is Nc1c(Cl)cc(C(=O)N2CCC[C@@H]2CO)cc1Cl. The van der Waals surface area contributed by atoms with E-state index in [-0.39, 0.29) is 34.3 Å². The number of nitrogens with zero attached hydrogens (tertiary/aromatic N) is 1. The molecule has 0 unspecified atom stereocenters. The molecule has 1 fully saturated rings. The van der Waals surface area contributed by atoms with Crippen LogP contribution >= 0.6 is 23.2 Å². The van der Waals surface area contributed by atoms with Crippen molar-refractivity contribution in [3.05, 3.63) is 27.7 Å². The topological polar surface area (TPSA) is 66.6 Å². The second-order valence-corrected chi connectivity index (χ2v) is 5.15. The maximum absolute atomic E-state index is 12.3. The van der Waals surface area contributed by atoms with Crippen molar-refractivity contribution in [1.82, 2.24) is 4.90 Å². The summed E-state index contributed by atoms with van der Waals surface area (Å²) in [4.78, 5) is 13.9. The van der Waals surface area contributed by atoms with Crippen LogP contribution in [0, 0.1) is 0 Å². The van der Waals surface area contributed by atoms with Crippen LogP contribution in [0.15, 0.2) is 12.1 Å². The largest absolute Gasteiger partial charge is 0.396 e. The van der Waals surface area contributed by atoms with Crippen LogP contribution in [0.2, 0.25) is 10.0 Å². The van der Waals surface area contributed by atoms with Crippen molar-refractivity contribution < 1.29 is 9.90 Å². The van der Waals surface area contributed by atoms with E-state index in [4.69, 9.17) is 28.9 Å². The molecule has 1 atom stereocenters. The number of carbonyl (C=O) groups is 1. The number of amides is 1. The molecule has 1 amide bonds. The van der Waals surface area contributed by atoms with Gasteiger partial charge in [0.05, 0.1) is 28.4 Å². The van der Waals surface area contributed by atoms with Crippen molar-refractivity contribution in [3.63, 3.8) is 0 Å². The highest BCUT2D eigenvalue weighted by Gasteiger charge is 2.29. The first-order chi connectivity index (χ1) is 8.54. The first-order valence-corrected chi connectivity index (χ1v) is 6.46. The number of carbonyl (C=O) groups excluding carboxylic acids is 1. The number of hydrogen-bond acceptors (Lipinski definition) is 3. The number of hydrogen-bond donors (Lipinski definition) is 2. The Kier molecular flexibility index (Phi) is 4.00. The normalized spacial score (nSPS) is 19.3. The minimum Gasteiger partial charge on any atom is -0.396 e. The fraction of sp³-hybridized carbons (Fsp3) is 0.417. The minimum atomic E-state index is -0.171.